The van der Waals surface area contributed by atoms with Gasteiger partial charge in [0.25, 0.3) is 0 Å². The molecule has 3 N–H and O–H groups in total. The fraction of sp³-hybridized carbons (Fsp3) is 0.400. The molecule has 0 radical (unpaired) electrons. The van der Waals surface area contributed by atoms with Crippen LogP contribution >= 0.6 is 0 Å². The third-order valence-electron chi connectivity index (χ3n) is 4.04. The average Bonchev–Trinajstić information content (AvgIpc) is 2.58. The van der Waals surface area contributed by atoms with Crippen LogP contribution in [0.5, 0.6) is 5.75 Å². The highest BCUT2D eigenvalue weighted by atomic mass is 19.1. The van der Waals surface area contributed by atoms with Crippen LogP contribution < -0.4 is 0 Å². The largest absolute Gasteiger partial charge is 0.505 e. The summed E-state index contributed by atoms with van der Waals surface area (Å²) < 4.78 is 13.4. The first kappa shape index (κ1) is 20.1. The monoisotopic (exact) mass is 334 g/mol. The molecule has 0 spiro atoms. The summed E-state index contributed by atoms with van der Waals surface area (Å²) >= 11 is 0. The van der Waals surface area contributed by atoms with Gasteiger partial charge in [-0.25, -0.2) is 4.39 Å². The molecule has 3 nitrogen and oxygen atoms in total. The van der Waals surface area contributed by atoms with E-state index in [4.69, 9.17) is 5.11 Å². The van der Waals surface area contributed by atoms with E-state index < -0.39 is 11.9 Å². The van der Waals surface area contributed by atoms with E-state index in [1.165, 1.54) is 12.1 Å². The van der Waals surface area contributed by atoms with Crippen molar-refractivity contribution in [3.05, 3.63) is 59.0 Å². The lowest BCUT2D eigenvalue weighted by molar-refractivity contribution is 0.200. The molecule has 0 aliphatic carbocycles. The van der Waals surface area contributed by atoms with E-state index in [1.54, 1.807) is 12.1 Å². The summed E-state index contributed by atoms with van der Waals surface area (Å²) in [6.07, 6.45) is 5.44. The Morgan fingerprint density at radius 1 is 1.29 bits per heavy atom. The van der Waals surface area contributed by atoms with Crippen LogP contribution in [-0.4, -0.2) is 28.0 Å². The van der Waals surface area contributed by atoms with Crippen molar-refractivity contribution >= 4 is 6.08 Å². The minimum Gasteiger partial charge on any atom is -0.505 e. The fourth-order valence-electron chi connectivity index (χ4n) is 2.50. The normalized spacial score (nSPS) is 13.9. The van der Waals surface area contributed by atoms with Crippen molar-refractivity contribution in [3.8, 4) is 5.75 Å². The van der Waals surface area contributed by atoms with Crippen molar-refractivity contribution in [1.82, 2.24) is 0 Å². The predicted molar refractivity (Wildman–Crippen MR) is 96.2 cm³/mol. The molecular formula is C20H27FO3. The zero-order valence-electron chi connectivity index (χ0n) is 14.4. The van der Waals surface area contributed by atoms with Gasteiger partial charge in [0.1, 0.15) is 0 Å². The topological polar surface area (TPSA) is 60.7 Å². The number of aliphatic hydroxyl groups excluding tert-OH is 2. The zero-order valence-corrected chi connectivity index (χ0v) is 14.4. The molecular weight excluding hydrogens is 307 g/mol. The Kier molecular flexibility index (Phi) is 8.44. The summed E-state index contributed by atoms with van der Waals surface area (Å²) in [5.74, 6) is -1.01. The molecule has 132 valence electrons. The third kappa shape index (κ3) is 5.95. The Bertz CT molecular complexity index is 617. The van der Waals surface area contributed by atoms with Crippen LogP contribution in [0.1, 0.15) is 45.1 Å². The summed E-state index contributed by atoms with van der Waals surface area (Å²) in [5, 5.41) is 28.7. The van der Waals surface area contributed by atoms with Crippen LogP contribution in [0, 0.1) is 5.82 Å². The number of allylic oxidation sites excluding steroid dienone is 1. The summed E-state index contributed by atoms with van der Waals surface area (Å²) in [5.41, 5.74) is 3.26. The van der Waals surface area contributed by atoms with Crippen LogP contribution in [0.4, 0.5) is 4.39 Å². The van der Waals surface area contributed by atoms with Gasteiger partial charge >= 0.3 is 0 Å². The molecule has 0 bridgehead atoms. The number of aliphatic hydroxyl groups is 2. The Labute approximate surface area is 143 Å². The quantitative estimate of drug-likeness (QED) is 0.588. The summed E-state index contributed by atoms with van der Waals surface area (Å²) in [7, 11) is 0. The SMILES string of the molecule is C=C(CC)/C(=C/CO)C(O)CC/C(=C/c1ccc(O)c(F)c1)CC. The molecule has 0 aliphatic rings. The molecule has 1 aromatic carbocycles. The van der Waals surface area contributed by atoms with Gasteiger partial charge in [0, 0.05) is 0 Å². The third-order valence-corrected chi connectivity index (χ3v) is 4.04. The number of aromatic hydroxyl groups is 1. The van der Waals surface area contributed by atoms with Crippen LogP contribution in [-0.2, 0) is 0 Å². The van der Waals surface area contributed by atoms with Crippen molar-refractivity contribution in [1.29, 1.82) is 0 Å². The second kappa shape index (κ2) is 10.1. The van der Waals surface area contributed by atoms with Gasteiger partial charge in [-0.2, -0.15) is 0 Å². The number of phenolic OH excluding ortho intramolecular Hbond substituents is 1. The predicted octanol–water partition coefficient (Wildman–Crippen LogP) is 4.35. The number of benzene rings is 1. The molecule has 1 aromatic rings. The van der Waals surface area contributed by atoms with Gasteiger partial charge in [0.15, 0.2) is 11.6 Å². The van der Waals surface area contributed by atoms with Gasteiger partial charge in [0.05, 0.1) is 12.7 Å². The van der Waals surface area contributed by atoms with Crippen molar-refractivity contribution in [3.63, 3.8) is 0 Å². The molecule has 1 unspecified atom stereocenters. The minimum absolute atomic E-state index is 0.130. The number of rotatable bonds is 9. The molecule has 0 aliphatic heterocycles. The smallest absolute Gasteiger partial charge is 0.165 e. The van der Waals surface area contributed by atoms with E-state index in [9.17, 15) is 14.6 Å². The second-order valence-corrected chi connectivity index (χ2v) is 5.72. The lowest BCUT2D eigenvalue weighted by Crippen LogP contribution is -2.13. The van der Waals surface area contributed by atoms with Crippen molar-refractivity contribution in [2.75, 3.05) is 6.61 Å². The summed E-state index contributed by atoms with van der Waals surface area (Å²) in [4.78, 5) is 0. The van der Waals surface area contributed by atoms with Crippen LogP contribution in [0.15, 0.2) is 47.6 Å². The van der Waals surface area contributed by atoms with Gasteiger partial charge < -0.3 is 15.3 Å². The highest BCUT2D eigenvalue weighted by Gasteiger charge is 2.13. The number of phenols is 1. The average molecular weight is 334 g/mol. The van der Waals surface area contributed by atoms with Crippen molar-refractivity contribution in [2.45, 2.75) is 45.6 Å². The van der Waals surface area contributed by atoms with Crippen molar-refractivity contribution < 1.29 is 19.7 Å². The van der Waals surface area contributed by atoms with Crippen LogP contribution in [0.25, 0.3) is 6.08 Å². The van der Waals surface area contributed by atoms with E-state index in [1.807, 2.05) is 19.9 Å². The molecule has 0 saturated carbocycles. The first-order valence-electron chi connectivity index (χ1n) is 8.27. The molecule has 4 heteroatoms. The van der Waals surface area contributed by atoms with E-state index in [0.29, 0.717) is 30.4 Å². The minimum atomic E-state index is -0.684. The van der Waals surface area contributed by atoms with E-state index in [0.717, 1.165) is 17.6 Å². The molecule has 24 heavy (non-hydrogen) atoms. The van der Waals surface area contributed by atoms with E-state index in [-0.39, 0.29) is 12.4 Å². The molecule has 0 amide bonds. The number of hydrogen-bond acceptors (Lipinski definition) is 3. The zero-order chi connectivity index (χ0) is 18.1. The first-order valence-corrected chi connectivity index (χ1v) is 8.27. The molecule has 1 rings (SSSR count). The van der Waals surface area contributed by atoms with E-state index in [2.05, 4.69) is 6.58 Å². The summed E-state index contributed by atoms with van der Waals surface area (Å²) in [6, 6.07) is 4.27. The van der Waals surface area contributed by atoms with Gasteiger partial charge in [-0.1, -0.05) is 44.2 Å². The van der Waals surface area contributed by atoms with Crippen LogP contribution in [0.3, 0.4) is 0 Å². The summed E-state index contributed by atoms with van der Waals surface area (Å²) in [6.45, 7) is 7.76. The molecule has 0 aromatic heterocycles. The van der Waals surface area contributed by atoms with Gasteiger partial charge in [-0.15, -0.1) is 0 Å². The fourth-order valence-corrected chi connectivity index (χ4v) is 2.50. The number of halogens is 1. The maximum Gasteiger partial charge on any atom is 0.165 e. The van der Waals surface area contributed by atoms with Crippen LogP contribution in [0.2, 0.25) is 0 Å². The Hall–Kier alpha value is -1.91. The molecule has 0 saturated heterocycles. The maximum atomic E-state index is 13.4. The second-order valence-electron chi connectivity index (χ2n) is 5.72. The molecule has 0 heterocycles. The maximum absolute atomic E-state index is 13.4. The molecule has 0 fully saturated rings. The molecule has 1 atom stereocenters. The van der Waals surface area contributed by atoms with Gasteiger partial charge in [0.2, 0.25) is 0 Å². The Balaban J connectivity index is 2.81. The highest BCUT2D eigenvalue weighted by molar-refractivity contribution is 5.54. The highest BCUT2D eigenvalue weighted by Crippen LogP contribution is 2.24. The Morgan fingerprint density at radius 3 is 2.54 bits per heavy atom. The standard InChI is InChI=1S/C20H27FO3/c1-4-14(3)17(10-11-22)19(23)8-6-15(5-2)12-16-7-9-20(24)18(21)13-16/h7,9-10,12-13,19,22-24H,3-6,8,11H2,1-2H3/b15-12+,17-10-. The lowest BCUT2D eigenvalue weighted by Gasteiger charge is -2.17. The van der Waals surface area contributed by atoms with Crippen molar-refractivity contribution in [2.24, 2.45) is 0 Å². The van der Waals surface area contributed by atoms with Gasteiger partial charge in [-0.3, -0.25) is 0 Å². The van der Waals surface area contributed by atoms with E-state index >= 15 is 0 Å². The van der Waals surface area contributed by atoms with Gasteiger partial charge in [-0.05, 0) is 54.5 Å². The Morgan fingerprint density at radius 2 is 2.00 bits per heavy atom. The number of hydrogen-bond donors (Lipinski definition) is 3. The first-order chi connectivity index (χ1) is 11.4. The lowest BCUT2D eigenvalue weighted by atomic mass is 9.93.